The van der Waals surface area contributed by atoms with Gasteiger partial charge in [0.05, 0.1) is 5.75 Å². The minimum Gasteiger partial charge on any atom is -0.314 e. The van der Waals surface area contributed by atoms with Crippen molar-refractivity contribution in [1.29, 1.82) is 0 Å². The third-order valence-electron chi connectivity index (χ3n) is 3.83. The van der Waals surface area contributed by atoms with Gasteiger partial charge in [0.2, 0.25) is 10.0 Å². The zero-order valence-corrected chi connectivity index (χ0v) is 12.0. The van der Waals surface area contributed by atoms with E-state index in [9.17, 15) is 8.42 Å². The van der Waals surface area contributed by atoms with Crippen LogP contribution in [0, 0.1) is 0 Å². The van der Waals surface area contributed by atoms with Crippen molar-refractivity contribution in [2.45, 2.75) is 45.1 Å². The molecule has 104 valence electrons. The molecule has 0 aliphatic carbocycles. The lowest BCUT2D eigenvalue weighted by Gasteiger charge is -2.27. The summed E-state index contributed by atoms with van der Waals surface area (Å²) in [5, 5.41) is 3.41. The summed E-state index contributed by atoms with van der Waals surface area (Å²) in [5.74, 6) is 0.290. The van der Waals surface area contributed by atoms with Gasteiger partial charge in [-0.3, -0.25) is 0 Å². The molecule has 2 heterocycles. The average Bonchev–Trinajstić information content (AvgIpc) is 2.38. The van der Waals surface area contributed by atoms with E-state index in [0.717, 1.165) is 25.8 Å². The Morgan fingerprint density at radius 2 is 2.28 bits per heavy atom. The predicted octanol–water partition coefficient (Wildman–Crippen LogP) is 1.50. The first-order valence-electron chi connectivity index (χ1n) is 6.95. The Kier molecular flexibility index (Phi) is 4.81. The average molecular weight is 272 g/mol. The van der Waals surface area contributed by atoms with E-state index in [1.165, 1.54) is 18.4 Å². The maximum atomic E-state index is 12.2. The van der Waals surface area contributed by atoms with Crippen LogP contribution >= 0.6 is 0 Å². The van der Waals surface area contributed by atoms with E-state index in [4.69, 9.17) is 0 Å². The molecule has 0 amide bonds. The van der Waals surface area contributed by atoms with Gasteiger partial charge in [-0.05, 0) is 39.2 Å². The Balaban J connectivity index is 1.85. The van der Waals surface area contributed by atoms with Crippen LogP contribution < -0.4 is 5.32 Å². The summed E-state index contributed by atoms with van der Waals surface area (Å²) >= 11 is 0. The maximum absolute atomic E-state index is 12.2. The number of rotatable bonds is 4. The molecule has 1 saturated heterocycles. The highest BCUT2D eigenvalue weighted by Gasteiger charge is 2.25. The summed E-state index contributed by atoms with van der Waals surface area (Å²) in [7, 11) is -3.06. The number of hydrogen-bond acceptors (Lipinski definition) is 3. The minimum atomic E-state index is -3.06. The van der Waals surface area contributed by atoms with Crippen molar-refractivity contribution in [3.63, 3.8) is 0 Å². The maximum Gasteiger partial charge on any atom is 0.214 e. The Hall–Kier alpha value is -0.390. The van der Waals surface area contributed by atoms with Crippen LogP contribution in [0.4, 0.5) is 0 Å². The molecule has 0 bridgehead atoms. The summed E-state index contributed by atoms with van der Waals surface area (Å²) < 4.78 is 26.1. The highest BCUT2D eigenvalue weighted by atomic mass is 32.2. The van der Waals surface area contributed by atoms with Gasteiger partial charge in [-0.15, -0.1) is 0 Å². The highest BCUT2D eigenvalue weighted by Crippen LogP contribution is 2.16. The number of sulfonamides is 1. The molecule has 2 aliphatic rings. The van der Waals surface area contributed by atoms with Gasteiger partial charge in [0.15, 0.2) is 0 Å². The number of nitrogens with one attached hydrogen (secondary N) is 1. The topological polar surface area (TPSA) is 49.4 Å². The quantitative estimate of drug-likeness (QED) is 0.789. The largest absolute Gasteiger partial charge is 0.314 e. The van der Waals surface area contributed by atoms with Gasteiger partial charge in [0.1, 0.15) is 0 Å². The third-order valence-corrected chi connectivity index (χ3v) is 5.68. The van der Waals surface area contributed by atoms with Gasteiger partial charge in [-0.2, -0.15) is 4.31 Å². The van der Waals surface area contributed by atoms with Gasteiger partial charge in [-0.1, -0.05) is 18.1 Å². The van der Waals surface area contributed by atoms with E-state index in [-0.39, 0.29) is 5.75 Å². The van der Waals surface area contributed by atoms with E-state index in [1.807, 2.05) is 6.92 Å². The molecule has 0 aromatic heterocycles. The van der Waals surface area contributed by atoms with Crippen LogP contribution in [-0.2, 0) is 10.0 Å². The molecule has 1 atom stereocenters. The monoisotopic (exact) mass is 272 g/mol. The summed E-state index contributed by atoms with van der Waals surface area (Å²) in [6.07, 6.45) is 7.31. The van der Waals surface area contributed by atoms with E-state index >= 15 is 0 Å². The first-order chi connectivity index (χ1) is 8.58. The molecule has 0 saturated carbocycles. The highest BCUT2D eigenvalue weighted by molar-refractivity contribution is 7.89. The second kappa shape index (κ2) is 6.17. The van der Waals surface area contributed by atoms with Gasteiger partial charge < -0.3 is 5.32 Å². The number of hydrogen-bond donors (Lipinski definition) is 1. The van der Waals surface area contributed by atoms with Gasteiger partial charge >= 0.3 is 0 Å². The molecule has 18 heavy (non-hydrogen) atoms. The van der Waals surface area contributed by atoms with Crippen molar-refractivity contribution >= 4 is 10.0 Å². The van der Waals surface area contributed by atoms with Crippen molar-refractivity contribution in [1.82, 2.24) is 9.62 Å². The van der Waals surface area contributed by atoms with E-state index < -0.39 is 10.0 Å². The smallest absolute Gasteiger partial charge is 0.214 e. The van der Waals surface area contributed by atoms with Crippen molar-refractivity contribution in [2.24, 2.45) is 0 Å². The van der Waals surface area contributed by atoms with Crippen LogP contribution in [0.15, 0.2) is 11.6 Å². The van der Waals surface area contributed by atoms with Crippen LogP contribution in [-0.4, -0.2) is 44.2 Å². The normalized spacial score (nSPS) is 26.9. The van der Waals surface area contributed by atoms with Crippen LogP contribution in [0.5, 0.6) is 0 Å². The van der Waals surface area contributed by atoms with Gasteiger partial charge in [-0.25, -0.2) is 8.42 Å². The third kappa shape index (κ3) is 3.80. The molecule has 4 nitrogen and oxygen atoms in total. The van der Waals surface area contributed by atoms with Crippen molar-refractivity contribution in [2.75, 3.05) is 25.4 Å². The summed E-state index contributed by atoms with van der Waals surface area (Å²) in [4.78, 5) is 0. The van der Waals surface area contributed by atoms with Crippen molar-refractivity contribution in [3.8, 4) is 0 Å². The lowest BCUT2D eigenvalue weighted by molar-refractivity contribution is 0.384. The summed E-state index contributed by atoms with van der Waals surface area (Å²) in [5.41, 5.74) is 1.17. The lowest BCUT2D eigenvalue weighted by Crippen LogP contribution is -2.40. The van der Waals surface area contributed by atoms with Crippen LogP contribution in [0.3, 0.4) is 0 Å². The van der Waals surface area contributed by atoms with Crippen LogP contribution in [0.1, 0.15) is 39.0 Å². The Morgan fingerprint density at radius 3 is 2.94 bits per heavy atom. The fourth-order valence-electron chi connectivity index (χ4n) is 2.70. The Bertz CT molecular complexity index is 397. The molecule has 1 unspecified atom stereocenters. The predicted molar refractivity (Wildman–Crippen MR) is 74.0 cm³/mol. The number of nitrogens with zero attached hydrogens (tertiary/aromatic N) is 1. The molecule has 0 radical (unpaired) electrons. The van der Waals surface area contributed by atoms with Gasteiger partial charge in [0, 0.05) is 19.1 Å². The Labute approximate surface area is 110 Å². The van der Waals surface area contributed by atoms with Crippen LogP contribution in [0.2, 0.25) is 0 Å². The molecule has 0 aromatic carbocycles. The van der Waals surface area contributed by atoms with E-state index in [2.05, 4.69) is 11.4 Å². The van der Waals surface area contributed by atoms with Crippen LogP contribution in [0.25, 0.3) is 0 Å². The van der Waals surface area contributed by atoms with E-state index in [1.54, 1.807) is 4.31 Å². The lowest BCUT2D eigenvalue weighted by atomic mass is 10.0. The Morgan fingerprint density at radius 1 is 1.44 bits per heavy atom. The van der Waals surface area contributed by atoms with Crippen molar-refractivity contribution in [3.05, 3.63) is 11.6 Å². The van der Waals surface area contributed by atoms with Gasteiger partial charge in [0.25, 0.3) is 0 Å². The first kappa shape index (κ1) is 14.0. The second-order valence-corrected chi connectivity index (χ2v) is 7.51. The van der Waals surface area contributed by atoms with E-state index in [0.29, 0.717) is 19.1 Å². The summed E-state index contributed by atoms with van der Waals surface area (Å²) in [6, 6.07) is 0.398. The molecular weight excluding hydrogens is 248 g/mol. The second-order valence-electron chi connectivity index (χ2n) is 5.42. The molecule has 1 N–H and O–H groups in total. The van der Waals surface area contributed by atoms with Crippen molar-refractivity contribution < 1.29 is 8.42 Å². The minimum absolute atomic E-state index is 0.290. The summed E-state index contributed by atoms with van der Waals surface area (Å²) in [6.45, 7) is 4.28. The zero-order chi connectivity index (χ0) is 13.0. The first-order valence-corrected chi connectivity index (χ1v) is 8.56. The fraction of sp³-hybridized carbons (Fsp3) is 0.846. The molecule has 2 rings (SSSR count). The number of piperidine rings is 1. The molecule has 0 aromatic rings. The fourth-order valence-corrected chi connectivity index (χ4v) is 4.33. The zero-order valence-electron chi connectivity index (χ0n) is 11.2. The molecule has 0 spiro atoms. The SMILES string of the molecule is CC1=CCCN(S(=O)(=O)CCC2CCCCN2)C1. The standard InChI is InChI=1S/C13H24N2O2S/c1-12-5-4-9-15(11-12)18(16,17)10-7-13-6-2-3-8-14-13/h5,13-14H,2-4,6-11H2,1H3. The molecule has 2 aliphatic heterocycles. The molecular formula is C13H24N2O2S. The molecule has 1 fully saturated rings. The molecule has 5 heteroatoms.